The lowest BCUT2D eigenvalue weighted by molar-refractivity contribution is 0.669. The summed E-state index contributed by atoms with van der Waals surface area (Å²) in [5, 5.41) is 2.18. The number of para-hydroxylation sites is 2. The third-order valence-electron chi connectivity index (χ3n) is 2.68. The number of benzene rings is 2. The molecule has 0 radical (unpaired) electrons. The van der Waals surface area contributed by atoms with E-state index in [9.17, 15) is 0 Å². The van der Waals surface area contributed by atoms with Gasteiger partial charge in [0.2, 0.25) is 0 Å². The standard InChI is InChI=1S/C14H12N2O/c1-9(15)16-12-7-4-6-11-10-5-2-3-8-13(10)17-14(11)12/h2-8H,1H3,(H2,15,16). The second kappa shape index (κ2) is 3.63. The second-order valence-electron chi connectivity index (χ2n) is 4.01. The van der Waals surface area contributed by atoms with Crippen molar-refractivity contribution in [1.29, 1.82) is 0 Å². The van der Waals surface area contributed by atoms with Crippen LogP contribution in [-0.2, 0) is 0 Å². The van der Waals surface area contributed by atoms with Gasteiger partial charge in [-0.2, -0.15) is 0 Å². The second-order valence-corrected chi connectivity index (χ2v) is 4.01. The molecule has 0 bridgehead atoms. The fraction of sp³-hybridized carbons (Fsp3) is 0.0714. The van der Waals surface area contributed by atoms with Crippen LogP contribution in [0.3, 0.4) is 0 Å². The highest BCUT2D eigenvalue weighted by atomic mass is 16.3. The lowest BCUT2D eigenvalue weighted by Crippen LogP contribution is -2.03. The molecule has 1 heterocycles. The summed E-state index contributed by atoms with van der Waals surface area (Å²) in [6.07, 6.45) is 0. The van der Waals surface area contributed by atoms with Crippen molar-refractivity contribution < 1.29 is 4.42 Å². The van der Waals surface area contributed by atoms with Crippen LogP contribution in [0.25, 0.3) is 21.9 Å². The minimum absolute atomic E-state index is 0.526. The van der Waals surface area contributed by atoms with Crippen molar-refractivity contribution in [2.24, 2.45) is 10.7 Å². The van der Waals surface area contributed by atoms with Gasteiger partial charge in [-0.25, -0.2) is 4.99 Å². The van der Waals surface area contributed by atoms with Crippen LogP contribution in [-0.4, -0.2) is 5.84 Å². The van der Waals surface area contributed by atoms with Crippen LogP contribution in [0, 0.1) is 0 Å². The summed E-state index contributed by atoms with van der Waals surface area (Å²) in [7, 11) is 0. The average molecular weight is 224 g/mol. The maximum atomic E-state index is 5.82. The van der Waals surface area contributed by atoms with Crippen molar-refractivity contribution in [2.45, 2.75) is 6.92 Å². The van der Waals surface area contributed by atoms with E-state index < -0.39 is 0 Å². The number of amidine groups is 1. The lowest BCUT2D eigenvalue weighted by Gasteiger charge is -1.95. The van der Waals surface area contributed by atoms with Gasteiger partial charge < -0.3 is 10.2 Å². The molecular weight excluding hydrogens is 212 g/mol. The van der Waals surface area contributed by atoms with Crippen molar-refractivity contribution in [3.8, 4) is 0 Å². The van der Waals surface area contributed by atoms with E-state index in [0.717, 1.165) is 27.6 Å². The van der Waals surface area contributed by atoms with Crippen LogP contribution >= 0.6 is 0 Å². The average Bonchev–Trinajstić information content (AvgIpc) is 2.68. The summed E-state index contributed by atoms with van der Waals surface area (Å²) in [5.74, 6) is 0.526. The maximum Gasteiger partial charge on any atom is 0.161 e. The van der Waals surface area contributed by atoms with Gasteiger partial charge in [-0.3, -0.25) is 0 Å². The van der Waals surface area contributed by atoms with Gasteiger partial charge in [0.05, 0.1) is 5.84 Å². The molecule has 3 heteroatoms. The first kappa shape index (κ1) is 9.90. The molecule has 1 aromatic heterocycles. The van der Waals surface area contributed by atoms with E-state index in [1.807, 2.05) is 42.5 Å². The third-order valence-corrected chi connectivity index (χ3v) is 2.68. The summed E-state index contributed by atoms with van der Waals surface area (Å²) in [5.41, 5.74) is 8.06. The topological polar surface area (TPSA) is 51.5 Å². The van der Waals surface area contributed by atoms with Crippen LogP contribution in [0.5, 0.6) is 0 Å². The first-order valence-electron chi connectivity index (χ1n) is 5.47. The summed E-state index contributed by atoms with van der Waals surface area (Å²) in [6, 6.07) is 13.9. The number of nitrogens with two attached hydrogens (primary N) is 1. The Kier molecular flexibility index (Phi) is 2.11. The highest BCUT2D eigenvalue weighted by Crippen LogP contribution is 2.34. The van der Waals surface area contributed by atoms with Crippen molar-refractivity contribution in [2.75, 3.05) is 0 Å². The lowest BCUT2D eigenvalue weighted by atomic mass is 10.1. The van der Waals surface area contributed by atoms with Gasteiger partial charge in [0.15, 0.2) is 5.58 Å². The third kappa shape index (κ3) is 1.56. The summed E-state index contributed by atoms with van der Waals surface area (Å²) >= 11 is 0. The molecule has 3 nitrogen and oxygen atoms in total. The Morgan fingerprint density at radius 1 is 1.06 bits per heavy atom. The number of nitrogens with zero attached hydrogens (tertiary/aromatic N) is 1. The Balaban J connectivity index is 2.43. The molecule has 0 aliphatic rings. The minimum atomic E-state index is 0.526. The number of furan rings is 1. The van der Waals surface area contributed by atoms with E-state index in [0.29, 0.717) is 5.84 Å². The van der Waals surface area contributed by atoms with Crippen LogP contribution in [0.15, 0.2) is 51.9 Å². The van der Waals surface area contributed by atoms with E-state index in [-0.39, 0.29) is 0 Å². The molecule has 0 aliphatic carbocycles. The minimum Gasteiger partial charge on any atom is -0.454 e. The molecule has 0 spiro atoms. The summed E-state index contributed by atoms with van der Waals surface area (Å²) in [6.45, 7) is 1.77. The van der Waals surface area contributed by atoms with Gasteiger partial charge in [0.25, 0.3) is 0 Å². The van der Waals surface area contributed by atoms with Gasteiger partial charge in [-0.15, -0.1) is 0 Å². The zero-order valence-electron chi connectivity index (χ0n) is 9.47. The van der Waals surface area contributed by atoms with Crippen molar-refractivity contribution in [1.82, 2.24) is 0 Å². The number of rotatable bonds is 1. The Morgan fingerprint density at radius 3 is 2.65 bits per heavy atom. The Labute approximate surface area is 98.6 Å². The molecule has 17 heavy (non-hydrogen) atoms. The van der Waals surface area contributed by atoms with E-state index in [1.54, 1.807) is 6.92 Å². The fourth-order valence-corrected chi connectivity index (χ4v) is 2.01. The first-order valence-corrected chi connectivity index (χ1v) is 5.47. The van der Waals surface area contributed by atoms with Crippen molar-refractivity contribution in [3.05, 3.63) is 42.5 Å². The Hall–Kier alpha value is -2.29. The van der Waals surface area contributed by atoms with Crippen molar-refractivity contribution >= 4 is 33.5 Å². The zero-order chi connectivity index (χ0) is 11.8. The quantitative estimate of drug-likeness (QED) is 0.507. The predicted octanol–water partition coefficient (Wildman–Crippen LogP) is 3.59. The molecule has 2 aromatic carbocycles. The number of hydrogen-bond donors (Lipinski definition) is 1. The van der Waals surface area contributed by atoms with E-state index >= 15 is 0 Å². The number of aliphatic imine (C=N–C) groups is 1. The zero-order valence-corrected chi connectivity index (χ0v) is 9.47. The molecule has 0 atom stereocenters. The monoisotopic (exact) mass is 224 g/mol. The Morgan fingerprint density at radius 2 is 1.82 bits per heavy atom. The van der Waals surface area contributed by atoms with Crippen LogP contribution in [0.2, 0.25) is 0 Å². The first-order chi connectivity index (χ1) is 8.25. The highest BCUT2D eigenvalue weighted by molar-refractivity contribution is 6.08. The number of hydrogen-bond acceptors (Lipinski definition) is 2. The summed E-state index contributed by atoms with van der Waals surface area (Å²) in [4.78, 5) is 4.28. The molecule has 0 saturated carbocycles. The van der Waals surface area contributed by atoms with E-state index in [1.165, 1.54) is 0 Å². The molecule has 2 N–H and O–H groups in total. The van der Waals surface area contributed by atoms with Gasteiger partial charge in [-0.1, -0.05) is 30.3 Å². The molecule has 0 amide bonds. The molecule has 3 rings (SSSR count). The highest BCUT2D eigenvalue weighted by Gasteiger charge is 2.09. The maximum absolute atomic E-state index is 5.82. The van der Waals surface area contributed by atoms with Gasteiger partial charge in [-0.05, 0) is 19.1 Å². The van der Waals surface area contributed by atoms with Crippen LogP contribution in [0.4, 0.5) is 5.69 Å². The molecular formula is C14H12N2O. The largest absolute Gasteiger partial charge is 0.454 e. The van der Waals surface area contributed by atoms with Gasteiger partial charge >= 0.3 is 0 Å². The van der Waals surface area contributed by atoms with Crippen LogP contribution in [0.1, 0.15) is 6.92 Å². The Bertz CT molecular complexity index is 721. The smallest absolute Gasteiger partial charge is 0.161 e. The SMILES string of the molecule is CC(N)=Nc1cccc2c1oc1ccccc12. The predicted molar refractivity (Wildman–Crippen MR) is 70.7 cm³/mol. The summed E-state index contributed by atoms with van der Waals surface area (Å²) < 4.78 is 5.82. The van der Waals surface area contributed by atoms with E-state index in [4.69, 9.17) is 10.2 Å². The van der Waals surface area contributed by atoms with Gasteiger partial charge in [0.1, 0.15) is 11.3 Å². The molecule has 3 aromatic rings. The number of fused-ring (bicyclic) bond motifs is 3. The fourth-order valence-electron chi connectivity index (χ4n) is 2.01. The van der Waals surface area contributed by atoms with Crippen LogP contribution < -0.4 is 5.73 Å². The van der Waals surface area contributed by atoms with E-state index in [2.05, 4.69) is 4.99 Å². The molecule has 0 saturated heterocycles. The van der Waals surface area contributed by atoms with Crippen molar-refractivity contribution in [3.63, 3.8) is 0 Å². The molecule has 84 valence electrons. The molecule has 0 fully saturated rings. The van der Waals surface area contributed by atoms with Gasteiger partial charge in [0, 0.05) is 10.8 Å². The molecule has 0 aliphatic heterocycles. The normalized spacial score (nSPS) is 12.4. The molecule has 0 unspecified atom stereocenters.